The van der Waals surface area contributed by atoms with Gasteiger partial charge in [0.2, 0.25) is 0 Å². The van der Waals surface area contributed by atoms with E-state index in [0.717, 1.165) is 12.2 Å². The number of carbonyl (C=O) groups excluding carboxylic acids is 1. The normalized spacial score (nSPS) is 11.1. The van der Waals surface area contributed by atoms with Crippen molar-refractivity contribution < 1.29 is 9.18 Å². The Bertz CT molecular complexity index is 423. The maximum absolute atomic E-state index is 13.6. The highest BCUT2D eigenvalue weighted by Gasteiger charge is 2.05. The zero-order chi connectivity index (χ0) is 12.8. The van der Waals surface area contributed by atoms with E-state index in [2.05, 4.69) is 31.9 Å². The Morgan fingerprint density at radius 3 is 2.76 bits per heavy atom. The molecular formula is C12H11Br2FOS. The summed E-state index contributed by atoms with van der Waals surface area (Å²) in [7, 11) is 0. The van der Waals surface area contributed by atoms with Crippen LogP contribution in [0.4, 0.5) is 4.39 Å². The second kappa shape index (κ2) is 7.34. The summed E-state index contributed by atoms with van der Waals surface area (Å²) in [6.07, 6.45) is 4.34. The van der Waals surface area contributed by atoms with Crippen LogP contribution in [0.5, 0.6) is 0 Å². The second-order valence-corrected chi connectivity index (χ2v) is 6.36. The van der Waals surface area contributed by atoms with Crippen molar-refractivity contribution in [3.05, 3.63) is 38.5 Å². The fourth-order valence-electron chi connectivity index (χ4n) is 1.18. The molecule has 0 fully saturated rings. The molecule has 0 amide bonds. The summed E-state index contributed by atoms with van der Waals surface area (Å²) in [5.74, 6) is 0.448. The number of carbonyl (C=O) groups is 1. The van der Waals surface area contributed by atoms with E-state index in [4.69, 9.17) is 0 Å². The van der Waals surface area contributed by atoms with Crippen LogP contribution in [0.1, 0.15) is 18.9 Å². The first-order valence-corrected chi connectivity index (χ1v) is 7.52. The topological polar surface area (TPSA) is 17.1 Å². The lowest BCUT2D eigenvalue weighted by atomic mass is 10.2. The van der Waals surface area contributed by atoms with Gasteiger partial charge in [-0.1, -0.05) is 55.8 Å². The molecule has 0 aromatic heterocycles. The van der Waals surface area contributed by atoms with Crippen molar-refractivity contribution in [2.75, 3.05) is 5.75 Å². The molecule has 0 heterocycles. The standard InChI is InChI=1S/C12H11Br2FOS/c1-8(16)17-5-3-2-4-10-11(14)6-9(13)7-12(10)15/h2,4,6-7H,3,5H2,1H3. The van der Waals surface area contributed by atoms with Gasteiger partial charge in [-0.15, -0.1) is 0 Å². The van der Waals surface area contributed by atoms with Crippen molar-refractivity contribution >= 4 is 54.8 Å². The summed E-state index contributed by atoms with van der Waals surface area (Å²) in [6, 6.07) is 3.22. The number of allylic oxidation sites excluding steroid dienone is 1. The molecule has 0 N–H and O–H groups in total. The third-order valence-corrected chi connectivity index (χ3v) is 3.88. The summed E-state index contributed by atoms with van der Waals surface area (Å²) < 4.78 is 15.0. The Morgan fingerprint density at radius 2 is 2.18 bits per heavy atom. The molecule has 0 saturated carbocycles. The van der Waals surface area contributed by atoms with E-state index in [1.165, 1.54) is 17.8 Å². The molecular weight excluding hydrogens is 371 g/mol. The van der Waals surface area contributed by atoms with Gasteiger partial charge in [-0.05, 0) is 18.6 Å². The lowest BCUT2D eigenvalue weighted by molar-refractivity contribution is -0.109. The van der Waals surface area contributed by atoms with Gasteiger partial charge in [0.25, 0.3) is 0 Å². The van der Waals surface area contributed by atoms with E-state index >= 15 is 0 Å². The predicted octanol–water partition coefficient (Wildman–Crippen LogP) is 5.03. The minimum absolute atomic E-state index is 0.106. The molecule has 0 saturated heterocycles. The minimum Gasteiger partial charge on any atom is -0.288 e. The van der Waals surface area contributed by atoms with Crippen LogP contribution in [0.15, 0.2) is 27.2 Å². The Hall–Kier alpha value is -0.130. The highest BCUT2D eigenvalue weighted by molar-refractivity contribution is 9.11. The Morgan fingerprint density at radius 1 is 1.47 bits per heavy atom. The van der Waals surface area contributed by atoms with Crippen LogP contribution in [0, 0.1) is 5.82 Å². The molecule has 0 radical (unpaired) electrons. The molecule has 17 heavy (non-hydrogen) atoms. The first kappa shape index (κ1) is 14.9. The van der Waals surface area contributed by atoms with Gasteiger partial charge in [0.05, 0.1) is 0 Å². The lowest BCUT2D eigenvalue weighted by Crippen LogP contribution is -1.86. The van der Waals surface area contributed by atoms with Crippen molar-refractivity contribution in [1.82, 2.24) is 0 Å². The molecule has 5 heteroatoms. The zero-order valence-electron chi connectivity index (χ0n) is 9.17. The highest BCUT2D eigenvalue weighted by Crippen LogP contribution is 2.26. The number of halogens is 3. The van der Waals surface area contributed by atoms with E-state index in [9.17, 15) is 9.18 Å². The van der Waals surface area contributed by atoms with Crippen molar-refractivity contribution in [2.45, 2.75) is 13.3 Å². The Balaban J connectivity index is 2.62. The highest BCUT2D eigenvalue weighted by atomic mass is 79.9. The van der Waals surface area contributed by atoms with Crippen molar-refractivity contribution in [3.8, 4) is 0 Å². The number of hydrogen-bond donors (Lipinski definition) is 0. The summed E-state index contributed by atoms with van der Waals surface area (Å²) in [5, 5.41) is 0.106. The average molecular weight is 382 g/mol. The van der Waals surface area contributed by atoms with E-state index in [0.29, 0.717) is 14.5 Å². The van der Waals surface area contributed by atoms with Gasteiger partial charge in [-0.2, -0.15) is 0 Å². The summed E-state index contributed by atoms with van der Waals surface area (Å²) >= 11 is 7.81. The van der Waals surface area contributed by atoms with Gasteiger partial charge in [0, 0.05) is 27.2 Å². The van der Waals surface area contributed by atoms with Crippen LogP contribution in [-0.4, -0.2) is 10.9 Å². The number of thioether (sulfide) groups is 1. The van der Waals surface area contributed by atoms with Crippen LogP contribution >= 0.6 is 43.6 Å². The number of benzene rings is 1. The van der Waals surface area contributed by atoms with Crippen LogP contribution < -0.4 is 0 Å². The fourth-order valence-corrected chi connectivity index (χ4v) is 3.03. The van der Waals surface area contributed by atoms with Gasteiger partial charge in [-0.3, -0.25) is 4.79 Å². The molecule has 0 bridgehead atoms. The number of rotatable bonds is 4. The van der Waals surface area contributed by atoms with Crippen molar-refractivity contribution in [1.29, 1.82) is 0 Å². The molecule has 1 nitrogen and oxygen atoms in total. The molecule has 0 atom stereocenters. The maximum Gasteiger partial charge on any atom is 0.185 e. The van der Waals surface area contributed by atoms with Crippen LogP contribution in [0.2, 0.25) is 0 Å². The van der Waals surface area contributed by atoms with Gasteiger partial charge in [0.1, 0.15) is 5.82 Å². The summed E-state index contributed by atoms with van der Waals surface area (Å²) in [5.41, 5.74) is 0.529. The largest absolute Gasteiger partial charge is 0.288 e. The maximum atomic E-state index is 13.6. The molecule has 0 aliphatic carbocycles. The van der Waals surface area contributed by atoms with E-state index in [1.54, 1.807) is 19.1 Å². The molecule has 1 aromatic rings. The van der Waals surface area contributed by atoms with E-state index in [1.807, 2.05) is 6.08 Å². The van der Waals surface area contributed by atoms with Gasteiger partial charge in [-0.25, -0.2) is 4.39 Å². The third-order valence-electron chi connectivity index (χ3n) is 1.92. The van der Waals surface area contributed by atoms with Crippen LogP contribution in [-0.2, 0) is 4.79 Å². The molecule has 0 unspecified atom stereocenters. The molecule has 1 rings (SSSR count). The Kier molecular flexibility index (Phi) is 6.44. The molecule has 0 aliphatic heterocycles. The van der Waals surface area contributed by atoms with Crippen molar-refractivity contribution in [2.24, 2.45) is 0 Å². The molecule has 1 aromatic carbocycles. The van der Waals surface area contributed by atoms with E-state index in [-0.39, 0.29) is 10.9 Å². The van der Waals surface area contributed by atoms with Crippen LogP contribution in [0.3, 0.4) is 0 Å². The van der Waals surface area contributed by atoms with Gasteiger partial charge < -0.3 is 0 Å². The minimum atomic E-state index is -0.276. The van der Waals surface area contributed by atoms with Crippen molar-refractivity contribution in [3.63, 3.8) is 0 Å². The molecule has 0 aliphatic rings. The zero-order valence-corrected chi connectivity index (χ0v) is 13.2. The first-order valence-electron chi connectivity index (χ1n) is 4.95. The monoisotopic (exact) mass is 380 g/mol. The Labute approximate surface area is 121 Å². The quantitative estimate of drug-likeness (QED) is 0.680. The molecule has 92 valence electrons. The smallest absolute Gasteiger partial charge is 0.185 e. The number of hydrogen-bond acceptors (Lipinski definition) is 2. The summed E-state index contributed by atoms with van der Waals surface area (Å²) in [6.45, 7) is 1.54. The van der Waals surface area contributed by atoms with E-state index < -0.39 is 0 Å². The first-order chi connectivity index (χ1) is 8.00. The second-order valence-electron chi connectivity index (χ2n) is 3.31. The predicted molar refractivity (Wildman–Crippen MR) is 78.6 cm³/mol. The lowest BCUT2D eigenvalue weighted by Gasteiger charge is -2.02. The summed E-state index contributed by atoms with van der Waals surface area (Å²) in [4.78, 5) is 10.7. The fraction of sp³-hybridized carbons (Fsp3) is 0.250. The molecule has 0 spiro atoms. The third kappa shape index (κ3) is 5.36. The van der Waals surface area contributed by atoms with Crippen LogP contribution in [0.25, 0.3) is 6.08 Å². The average Bonchev–Trinajstić information content (AvgIpc) is 2.20. The SMILES string of the molecule is CC(=O)SCCC=Cc1c(F)cc(Br)cc1Br. The van der Waals surface area contributed by atoms with Gasteiger partial charge in [0.15, 0.2) is 5.12 Å². The van der Waals surface area contributed by atoms with Gasteiger partial charge >= 0.3 is 0 Å².